The molecule has 132 valence electrons. The Kier molecular flexibility index (Phi) is 5.48. The van der Waals surface area contributed by atoms with Crippen LogP contribution in [0, 0.1) is 5.82 Å². The number of carbonyl (C=O) groups excluding carboxylic acids is 2. The largest absolute Gasteiger partial charge is 0.431 e. The van der Waals surface area contributed by atoms with Gasteiger partial charge in [0.05, 0.1) is 11.9 Å². The van der Waals surface area contributed by atoms with Gasteiger partial charge in [-0.1, -0.05) is 11.8 Å². The van der Waals surface area contributed by atoms with Gasteiger partial charge in [-0.05, 0) is 48.5 Å². The van der Waals surface area contributed by atoms with Crippen LogP contribution in [0.5, 0.6) is 0 Å². The third kappa shape index (κ3) is 4.58. The van der Waals surface area contributed by atoms with Gasteiger partial charge in [0.1, 0.15) is 5.82 Å². The lowest BCUT2D eigenvalue weighted by atomic mass is 10.1. The molecule has 2 aromatic carbocycles. The standard InChI is InChI=1S/C19H15FN2O3S/c1-12(23)22-16-8-4-13(5-9-16)17(24)11-26-19-21-10-18(25-19)14-2-6-15(20)7-3-14/h2-10H,11H2,1H3,(H,22,23). The minimum absolute atomic E-state index is 0.0779. The molecule has 0 aliphatic carbocycles. The number of hydrogen-bond acceptors (Lipinski definition) is 5. The van der Waals surface area contributed by atoms with Crippen molar-refractivity contribution in [3.63, 3.8) is 0 Å². The maximum absolute atomic E-state index is 13.0. The predicted octanol–water partition coefficient (Wildman–Crippen LogP) is 4.41. The summed E-state index contributed by atoms with van der Waals surface area (Å²) in [6.07, 6.45) is 1.54. The van der Waals surface area contributed by atoms with Crippen molar-refractivity contribution >= 4 is 29.1 Å². The van der Waals surface area contributed by atoms with E-state index in [1.807, 2.05) is 0 Å². The van der Waals surface area contributed by atoms with Gasteiger partial charge in [0.15, 0.2) is 11.5 Å². The molecule has 0 fully saturated rings. The zero-order valence-corrected chi connectivity index (χ0v) is 14.7. The number of ketones is 1. The van der Waals surface area contributed by atoms with Crippen LogP contribution >= 0.6 is 11.8 Å². The molecule has 7 heteroatoms. The molecule has 0 atom stereocenters. The number of anilines is 1. The summed E-state index contributed by atoms with van der Waals surface area (Å²) < 4.78 is 18.5. The minimum atomic E-state index is -0.321. The number of benzene rings is 2. The van der Waals surface area contributed by atoms with Crippen molar-refractivity contribution < 1.29 is 18.4 Å². The van der Waals surface area contributed by atoms with Crippen molar-refractivity contribution in [3.8, 4) is 11.3 Å². The summed E-state index contributed by atoms with van der Waals surface area (Å²) in [7, 11) is 0. The van der Waals surface area contributed by atoms with Crippen molar-refractivity contribution in [3.05, 3.63) is 66.1 Å². The molecule has 1 aromatic heterocycles. The first-order valence-corrected chi connectivity index (χ1v) is 8.75. The molecule has 5 nitrogen and oxygen atoms in total. The molecule has 0 bridgehead atoms. The van der Waals surface area contributed by atoms with E-state index in [4.69, 9.17) is 4.42 Å². The molecule has 3 rings (SSSR count). The summed E-state index contributed by atoms with van der Waals surface area (Å²) in [5.74, 6) is 0.118. The fourth-order valence-corrected chi connectivity index (χ4v) is 2.92. The van der Waals surface area contributed by atoms with E-state index in [0.717, 1.165) is 0 Å². The molecule has 1 heterocycles. The van der Waals surface area contributed by atoms with Gasteiger partial charge in [0, 0.05) is 23.7 Å². The number of halogens is 1. The summed E-state index contributed by atoms with van der Waals surface area (Å²) in [5.41, 5.74) is 1.89. The van der Waals surface area contributed by atoms with Crippen LogP contribution in [-0.4, -0.2) is 22.4 Å². The molecule has 0 unspecified atom stereocenters. The normalized spacial score (nSPS) is 10.5. The highest BCUT2D eigenvalue weighted by Gasteiger charge is 2.11. The van der Waals surface area contributed by atoms with Gasteiger partial charge in [0.2, 0.25) is 5.91 Å². The van der Waals surface area contributed by atoms with Crippen molar-refractivity contribution in [2.24, 2.45) is 0 Å². The van der Waals surface area contributed by atoms with Crippen LogP contribution in [0.2, 0.25) is 0 Å². The molecule has 0 saturated heterocycles. The third-order valence-electron chi connectivity index (χ3n) is 3.47. The maximum Gasteiger partial charge on any atom is 0.256 e. The summed E-state index contributed by atoms with van der Waals surface area (Å²) in [4.78, 5) is 27.4. The first kappa shape index (κ1) is 17.9. The molecule has 26 heavy (non-hydrogen) atoms. The van der Waals surface area contributed by atoms with Crippen LogP contribution in [0.1, 0.15) is 17.3 Å². The Labute approximate surface area is 153 Å². The molecule has 0 radical (unpaired) electrons. The highest BCUT2D eigenvalue weighted by molar-refractivity contribution is 7.99. The number of amides is 1. The number of nitrogens with one attached hydrogen (secondary N) is 1. The molecular weight excluding hydrogens is 355 g/mol. The van der Waals surface area contributed by atoms with E-state index in [-0.39, 0.29) is 23.3 Å². The lowest BCUT2D eigenvalue weighted by Crippen LogP contribution is -2.06. The maximum atomic E-state index is 13.0. The topological polar surface area (TPSA) is 72.2 Å². The van der Waals surface area contributed by atoms with Gasteiger partial charge >= 0.3 is 0 Å². The first-order valence-electron chi connectivity index (χ1n) is 7.77. The van der Waals surface area contributed by atoms with E-state index in [0.29, 0.717) is 27.8 Å². The van der Waals surface area contributed by atoms with E-state index in [1.54, 1.807) is 42.6 Å². The Morgan fingerprint density at radius 2 is 1.81 bits per heavy atom. The second-order valence-electron chi connectivity index (χ2n) is 5.47. The van der Waals surface area contributed by atoms with Crippen molar-refractivity contribution in [2.45, 2.75) is 12.1 Å². The fraction of sp³-hybridized carbons (Fsp3) is 0.105. The lowest BCUT2D eigenvalue weighted by Gasteiger charge is -2.03. The monoisotopic (exact) mass is 370 g/mol. The number of Topliss-reactive ketones (excluding diaryl/α,β-unsaturated/α-hetero) is 1. The van der Waals surface area contributed by atoms with E-state index in [2.05, 4.69) is 10.3 Å². The third-order valence-corrected chi connectivity index (χ3v) is 4.31. The van der Waals surface area contributed by atoms with Gasteiger partial charge < -0.3 is 9.73 Å². The second kappa shape index (κ2) is 7.97. The Morgan fingerprint density at radius 1 is 1.12 bits per heavy atom. The number of rotatable bonds is 6. The van der Waals surface area contributed by atoms with E-state index < -0.39 is 0 Å². The van der Waals surface area contributed by atoms with E-state index in [1.165, 1.54) is 30.8 Å². The molecule has 0 saturated carbocycles. The van der Waals surface area contributed by atoms with Gasteiger partial charge in [-0.3, -0.25) is 9.59 Å². The van der Waals surface area contributed by atoms with Crippen LogP contribution in [-0.2, 0) is 4.79 Å². The quantitative estimate of drug-likeness (QED) is 0.514. The molecule has 3 aromatic rings. The summed E-state index contributed by atoms with van der Waals surface area (Å²) in [6, 6.07) is 12.6. The summed E-state index contributed by atoms with van der Waals surface area (Å²) in [5, 5.41) is 3.01. The van der Waals surface area contributed by atoms with Crippen LogP contribution < -0.4 is 5.32 Å². The van der Waals surface area contributed by atoms with Crippen LogP contribution in [0.15, 0.2) is 64.4 Å². The van der Waals surface area contributed by atoms with E-state index >= 15 is 0 Å². The van der Waals surface area contributed by atoms with Crippen LogP contribution in [0.3, 0.4) is 0 Å². The number of nitrogens with zero attached hydrogens (tertiary/aromatic N) is 1. The van der Waals surface area contributed by atoms with Crippen molar-refractivity contribution in [2.75, 3.05) is 11.1 Å². The highest BCUT2D eigenvalue weighted by Crippen LogP contribution is 2.26. The SMILES string of the molecule is CC(=O)Nc1ccc(C(=O)CSc2ncc(-c3ccc(F)cc3)o2)cc1. The highest BCUT2D eigenvalue weighted by atomic mass is 32.2. The van der Waals surface area contributed by atoms with Crippen LogP contribution in [0.4, 0.5) is 10.1 Å². The zero-order chi connectivity index (χ0) is 18.5. The number of oxazole rings is 1. The predicted molar refractivity (Wildman–Crippen MR) is 97.7 cm³/mol. The number of hydrogen-bond donors (Lipinski definition) is 1. The smallest absolute Gasteiger partial charge is 0.256 e. The Balaban J connectivity index is 1.59. The summed E-state index contributed by atoms with van der Waals surface area (Å²) >= 11 is 1.19. The number of aromatic nitrogens is 1. The fourth-order valence-electron chi connectivity index (χ4n) is 2.23. The minimum Gasteiger partial charge on any atom is -0.431 e. The summed E-state index contributed by atoms with van der Waals surface area (Å²) in [6.45, 7) is 1.42. The van der Waals surface area contributed by atoms with Gasteiger partial charge in [0.25, 0.3) is 5.22 Å². The number of carbonyl (C=O) groups is 2. The van der Waals surface area contributed by atoms with Gasteiger partial charge in [-0.15, -0.1) is 0 Å². The number of thioether (sulfide) groups is 1. The van der Waals surface area contributed by atoms with Gasteiger partial charge in [-0.25, -0.2) is 9.37 Å². The Bertz CT molecular complexity index is 921. The molecular formula is C19H15FN2O3S. The molecule has 0 spiro atoms. The average molecular weight is 370 g/mol. The molecule has 1 N–H and O–H groups in total. The van der Waals surface area contributed by atoms with Crippen molar-refractivity contribution in [1.29, 1.82) is 0 Å². The first-order chi connectivity index (χ1) is 12.5. The molecule has 0 aliphatic rings. The van der Waals surface area contributed by atoms with E-state index in [9.17, 15) is 14.0 Å². The zero-order valence-electron chi connectivity index (χ0n) is 13.9. The lowest BCUT2D eigenvalue weighted by molar-refractivity contribution is -0.114. The van der Waals surface area contributed by atoms with Crippen molar-refractivity contribution in [1.82, 2.24) is 4.98 Å². The van der Waals surface area contributed by atoms with Crippen LogP contribution in [0.25, 0.3) is 11.3 Å². The second-order valence-corrected chi connectivity index (χ2v) is 6.39. The van der Waals surface area contributed by atoms with Gasteiger partial charge in [-0.2, -0.15) is 0 Å². The Hall–Kier alpha value is -2.93. The molecule has 0 aliphatic heterocycles. The molecule has 1 amide bonds. The average Bonchev–Trinajstić information content (AvgIpc) is 3.09. The Morgan fingerprint density at radius 3 is 2.46 bits per heavy atom.